The molecule has 15 heteroatoms. The van der Waals surface area contributed by atoms with Gasteiger partial charge in [0.1, 0.15) is 0 Å². The average Bonchev–Trinajstić information content (AvgIpc) is 3.48. The van der Waals surface area contributed by atoms with E-state index in [0.29, 0.717) is 15.4 Å². The third-order valence-electron chi connectivity index (χ3n) is 4.83. The van der Waals surface area contributed by atoms with Crippen molar-refractivity contribution < 1.29 is 31.1 Å². The predicted molar refractivity (Wildman–Crippen MR) is 132 cm³/mol. The van der Waals surface area contributed by atoms with Crippen LogP contribution in [-0.2, 0) is 16.2 Å². The Kier molecular flexibility index (Phi) is 7.32. The van der Waals surface area contributed by atoms with Gasteiger partial charge in [-0.3, -0.25) is 5.32 Å². The molecule has 1 aromatic heterocycles. The minimum Gasteiger partial charge on any atom is -0.406 e. The molecule has 0 aliphatic heterocycles. The largest absolute Gasteiger partial charge is 0.437 e. The Morgan fingerprint density at radius 2 is 1.78 bits per heavy atom. The minimum absolute atomic E-state index is 0.00848. The smallest absolute Gasteiger partial charge is 0.406 e. The number of rotatable bonds is 6. The molecule has 1 heterocycles. The molecule has 10 nitrogen and oxygen atoms in total. The van der Waals surface area contributed by atoms with E-state index in [1.165, 1.54) is 42.5 Å². The monoisotopic (exact) mass is 556 g/mol. The number of benzene rings is 2. The molecular formula is C22H20ClF3N6O4S. The lowest BCUT2D eigenvalue weighted by molar-refractivity contribution is -0.143. The third kappa shape index (κ3) is 7.36. The molecule has 2 aromatic carbocycles. The van der Waals surface area contributed by atoms with Gasteiger partial charge in [-0.05, 0) is 55.3 Å². The number of hydrogen-bond acceptors (Lipinski definition) is 5. The summed E-state index contributed by atoms with van der Waals surface area (Å²) in [6.07, 6.45) is -2.62. The van der Waals surface area contributed by atoms with Crippen LogP contribution in [0, 0.1) is 0 Å². The summed E-state index contributed by atoms with van der Waals surface area (Å²) in [5.41, 5.74) is -0.691. The number of halogens is 4. The van der Waals surface area contributed by atoms with Gasteiger partial charge < -0.3 is 15.4 Å². The summed E-state index contributed by atoms with van der Waals surface area (Å²) < 4.78 is 73.8. The molecule has 0 atom stereocenters. The molecule has 1 amide bonds. The van der Waals surface area contributed by atoms with Crippen molar-refractivity contribution >= 4 is 45.1 Å². The molecule has 3 N–H and O–H groups in total. The van der Waals surface area contributed by atoms with E-state index in [1.807, 2.05) is 0 Å². The second-order valence-electron chi connectivity index (χ2n) is 8.06. The number of nitrogens with zero attached hydrogens (tertiary/aromatic N) is 3. The van der Waals surface area contributed by atoms with Crippen LogP contribution in [0.15, 0.2) is 59.1 Å². The van der Waals surface area contributed by atoms with E-state index in [1.54, 1.807) is 6.07 Å². The first-order valence-electron chi connectivity index (χ1n) is 10.7. The molecule has 0 bridgehead atoms. The molecule has 196 valence electrons. The van der Waals surface area contributed by atoms with Gasteiger partial charge in [0.25, 0.3) is 10.0 Å². The van der Waals surface area contributed by atoms with E-state index in [-0.39, 0.29) is 23.4 Å². The molecule has 1 aliphatic rings. The predicted octanol–water partition coefficient (Wildman–Crippen LogP) is 4.63. The second-order valence-corrected chi connectivity index (χ2v) is 10.1. The van der Waals surface area contributed by atoms with Gasteiger partial charge in [-0.25, -0.2) is 17.9 Å². The summed E-state index contributed by atoms with van der Waals surface area (Å²) in [7, 11) is -3.69. The first-order valence-corrected chi connectivity index (χ1v) is 12.9. The van der Waals surface area contributed by atoms with Gasteiger partial charge in [0, 0.05) is 22.4 Å². The Bertz CT molecular complexity index is 1440. The Balaban J connectivity index is 1.50. The summed E-state index contributed by atoms with van der Waals surface area (Å²) in [5, 5.41) is 12.2. The molecule has 1 saturated carbocycles. The number of aromatic nitrogens is 2. The van der Waals surface area contributed by atoms with Crippen LogP contribution >= 0.6 is 11.6 Å². The molecule has 1 aliphatic carbocycles. The fourth-order valence-electron chi connectivity index (χ4n) is 3.17. The zero-order valence-electron chi connectivity index (χ0n) is 19.1. The van der Waals surface area contributed by atoms with Crippen molar-refractivity contribution in [3.8, 4) is 11.4 Å². The van der Waals surface area contributed by atoms with Crippen molar-refractivity contribution in [3.63, 3.8) is 0 Å². The van der Waals surface area contributed by atoms with Gasteiger partial charge in [-0.1, -0.05) is 17.7 Å². The van der Waals surface area contributed by atoms with Crippen LogP contribution < -0.4 is 20.7 Å². The van der Waals surface area contributed by atoms with Crippen molar-refractivity contribution in [2.24, 2.45) is 4.40 Å². The van der Waals surface area contributed by atoms with Gasteiger partial charge in [0.05, 0.1) is 18.1 Å². The van der Waals surface area contributed by atoms with Crippen molar-refractivity contribution in [1.82, 2.24) is 15.1 Å². The number of alkyl halides is 3. The van der Waals surface area contributed by atoms with E-state index < -0.39 is 33.7 Å². The van der Waals surface area contributed by atoms with E-state index in [9.17, 15) is 26.4 Å². The first-order chi connectivity index (χ1) is 17.4. The van der Waals surface area contributed by atoms with Gasteiger partial charge in [0.15, 0.2) is 11.4 Å². The zero-order valence-corrected chi connectivity index (χ0v) is 20.7. The van der Waals surface area contributed by atoms with Crippen LogP contribution in [0.1, 0.15) is 18.5 Å². The number of guanidine groups is 1. The molecule has 3 aromatic rings. The number of carbonyl (C=O) groups is 1. The second kappa shape index (κ2) is 10.3. The van der Waals surface area contributed by atoms with E-state index in [0.717, 1.165) is 25.3 Å². The highest BCUT2D eigenvalue weighted by Crippen LogP contribution is 2.38. The van der Waals surface area contributed by atoms with E-state index in [4.69, 9.17) is 16.3 Å². The standard InChI is InChI=1S/C22H20ClF3N6O4S/c1-37(34,35)31-20(28-14-7-8-14)29-15-3-2-4-16(11-15)30-21(33)36-18-12-27-32(19(18)22(24,25)26)17-9-5-13(23)6-10-17/h2-6,9-12,14H,7-8H2,1H3,(H,30,33)(H2,28,29,31). The van der Waals surface area contributed by atoms with Crippen LogP contribution in [0.5, 0.6) is 5.75 Å². The summed E-state index contributed by atoms with van der Waals surface area (Å²) >= 11 is 5.80. The molecule has 0 spiro atoms. The van der Waals surface area contributed by atoms with Crippen LogP contribution in [0.2, 0.25) is 5.02 Å². The highest BCUT2D eigenvalue weighted by atomic mass is 35.5. The van der Waals surface area contributed by atoms with Gasteiger partial charge in [-0.2, -0.15) is 18.3 Å². The van der Waals surface area contributed by atoms with Crippen molar-refractivity contribution in [2.45, 2.75) is 25.1 Å². The van der Waals surface area contributed by atoms with E-state index >= 15 is 0 Å². The molecular weight excluding hydrogens is 537 g/mol. The lowest BCUT2D eigenvalue weighted by Gasteiger charge is -2.14. The van der Waals surface area contributed by atoms with Crippen LogP contribution in [-0.4, -0.2) is 42.5 Å². The number of ether oxygens (including phenoxy) is 1. The summed E-state index contributed by atoms with van der Waals surface area (Å²) in [6, 6.07) is 11.6. The Labute approximate surface area is 214 Å². The number of nitrogens with one attached hydrogen (secondary N) is 3. The summed E-state index contributed by atoms with van der Waals surface area (Å²) in [6.45, 7) is 0. The topological polar surface area (TPSA) is 127 Å². The molecule has 1 fully saturated rings. The normalized spacial score (nSPS) is 14.2. The molecule has 0 radical (unpaired) electrons. The Morgan fingerprint density at radius 3 is 2.38 bits per heavy atom. The number of carbonyl (C=O) groups excluding carboxylic acids is 1. The molecule has 37 heavy (non-hydrogen) atoms. The lowest BCUT2D eigenvalue weighted by atomic mass is 10.3. The fraction of sp³-hybridized carbons (Fsp3) is 0.227. The van der Waals surface area contributed by atoms with Crippen molar-refractivity contribution in [1.29, 1.82) is 0 Å². The number of anilines is 2. The third-order valence-corrected chi connectivity index (χ3v) is 5.59. The first kappa shape index (κ1) is 26.3. The van der Waals surface area contributed by atoms with Gasteiger partial charge in [-0.15, -0.1) is 4.40 Å². The number of amides is 1. The van der Waals surface area contributed by atoms with E-state index in [2.05, 4.69) is 25.4 Å². The average molecular weight is 557 g/mol. The van der Waals surface area contributed by atoms with Crippen molar-refractivity contribution in [2.75, 3.05) is 16.9 Å². The highest BCUT2D eigenvalue weighted by Gasteiger charge is 2.40. The van der Waals surface area contributed by atoms with Gasteiger partial charge in [0.2, 0.25) is 5.96 Å². The Morgan fingerprint density at radius 1 is 1.14 bits per heavy atom. The van der Waals surface area contributed by atoms with Gasteiger partial charge >= 0.3 is 12.3 Å². The van der Waals surface area contributed by atoms with Crippen molar-refractivity contribution in [3.05, 3.63) is 65.4 Å². The quantitative estimate of drug-likeness (QED) is 0.298. The van der Waals surface area contributed by atoms with Crippen LogP contribution in [0.3, 0.4) is 0 Å². The number of sulfonamides is 1. The zero-order chi connectivity index (χ0) is 26.8. The minimum atomic E-state index is -4.89. The Hall–Kier alpha value is -3.78. The molecule has 0 saturated heterocycles. The fourth-order valence-corrected chi connectivity index (χ4v) is 3.73. The van der Waals surface area contributed by atoms with Crippen LogP contribution in [0.25, 0.3) is 5.69 Å². The highest BCUT2D eigenvalue weighted by molar-refractivity contribution is 7.89. The maximum atomic E-state index is 13.8. The SMILES string of the molecule is CS(=O)(=O)N=C(Nc1cccc(NC(=O)Oc2cnn(-c3ccc(Cl)cc3)c2C(F)(F)F)c1)NC1CC1. The maximum Gasteiger partial charge on any atom is 0.437 e. The molecule has 4 rings (SSSR count). The number of hydrogen-bond donors (Lipinski definition) is 3. The maximum absolute atomic E-state index is 13.8. The summed E-state index contributed by atoms with van der Waals surface area (Å²) in [5.74, 6) is -0.792. The van der Waals surface area contributed by atoms with Crippen LogP contribution in [0.4, 0.5) is 29.3 Å². The summed E-state index contributed by atoms with van der Waals surface area (Å²) in [4.78, 5) is 12.4. The lowest BCUT2D eigenvalue weighted by Crippen LogP contribution is -2.33. The molecule has 0 unspecified atom stereocenters.